The Kier molecular flexibility index (Phi) is 4.88. The van der Waals surface area contributed by atoms with Gasteiger partial charge in [0.1, 0.15) is 13.1 Å². The van der Waals surface area contributed by atoms with E-state index in [1.165, 1.54) is 9.47 Å². The van der Waals surface area contributed by atoms with Gasteiger partial charge < -0.3 is 10.0 Å². The van der Waals surface area contributed by atoms with E-state index in [2.05, 4.69) is 0 Å². The molecule has 1 aromatic heterocycles. The van der Waals surface area contributed by atoms with Gasteiger partial charge in [-0.25, -0.2) is 0 Å². The third-order valence-electron chi connectivity index (χ3n) is 2.92. The van der Waals surface area contributed by atoms with E-state index < -0.39 is 5.97 Å². The second-order valence-electron chi connectivity index (χ2n) is 4.60. The molecule has 0 saturated carbocycles. The van der Waals surface area contributed by atoms with E-state index in [-0.39, 0.29) is 29.9 Å². The van der Waals surface area contributed by atoms with Gasteiger partial charge in [-0.2, -0.15) is 0 Å². The van der Waals surface area contributed by atoms with E-state index in [1.807, 2.05) is 6.92 Å². The first-order chi connectivity index (χ1) is 8.73. The number of carboxylic acid groups (broad SMARTS) is 1. The Balaban J connectivity index is 2.93. The van der Waals surface area contributed by atoms with Gasteiger partial charge in [-0.3, -0.25) is 19.0 Å². The van der Waals surface area contributed by atoms with Crippen molar-refractivity contribution < 1.29 is 14.7 Å². The lowest BCUT2D eigenvalue weighted by atomic mass is 10.3. The van der Waals surface area contributed by atoms with Gasteiger partial charge in [-0.1, -0.05) is 11.3 Å². The molecule has 0 spiro atoms. The van der Waals surface area contributed by atoms with Crippen LogP contribution in [0, 0.1) is 13.8 Å². The molecule has 1 heterocycles. The maximum Gasteiger partial charge on any atom is 0.323 e. The standard InChI is InChI=1S/C12H18N2O4S/c1-7(2)13(6-11(16)17)10(15)5-14-8(3)9(4)19-12(14)18/h7H,5-6H2,1-4H3,(H,16,17). The molecule has 7 heteroatoms. The Morgan fingerprint density at radius 2 is 1.95 bits per heavy atom. The van der Waals surface area contributed by atoms with Crippen LogP contribution in [-0.4, -0.2) is 39.0 Å². The first kappa shape index (κ1) is 15.4. The molecule has 6 nitrogen and oxygen atoms in total. The molecule has 0 aliphatic heterocycles. The molecule has 0 bridgehead atoms. The van der Waals surface area contributed by atoms with E-state index in [0.29, 0.717) is 0 Å². The minimum Gasteiger partial charge on any atom is -0.480 e. The molecule has 0 atom stereocenters. The number of hydrogen-bond donors (Lipinski definition) is 1. The van der Waals surface area contributed by atoms with Crippen LogP contribution in [0.3, 0.4) is 0 Å². The number of hydrogen-bond acceptors (Lipinski definition) is 4. The summed E-state index contributed by atoms with van der Waals surface area (Å²) in [5.41, 5.74) is 0.752. The Hall–Kier alpha value is -1.63. The number of carboxylic acids is 1. The number of carbonyl (C=O) groups is 2. The van der Waals surface area contributed by atoms with Crippen LogP contribution >= 0.6 is 11.3 Å². The van der Waals surface area contributed by atoms with Gasteiger partial charge in [0.05, 0.1) is 0 Å². The normalized spacial score (nSPS) is 10.8. The average Bonchev–Trinajstić information content (AvgIpc) is 2.52. The molecular weight excluding hydrogens is 268 g/mol. The predicted octanol–water partition coefficient (Wildman–Crippen LogP) is 0.848. The number of nitrogens with zero attached hydrogens (tertiary/aromatic N) is 2. The van der Waals surface area contributed by atoms with E-state index in [9.17, 15) is 14.4 Å². The van der Waals surface area contributed by atoms with Crippen molar-refractivity contribution in [3.05, 3.63) is 20.2 Å². The van der Waals surface area contributed by atoms with Crippen LogP contribution < -0.4 is 4.87 Å². The van der Waals surface area contributed by atoms with E-state index in [0.717, 1.165) is 21.9 Å². The van der Waals surface area contributed by atoms with Gasteiger partial charge >= 0.3 is 10.8 Å². The molecule has 1 N–H and O–H groups in total. The minimum atomic E-state index is -1.06. The summed E-state index contributed by atoms with van der Waals surface area (Å²) in [6, 6.07) is -0.223. The quantitative estimate of drug-likeness (QED) is 0.870. The Bertz CT molecular complexity index is 544. The third kappa shape index (κ3) is 3.66. The van der Waals surface area contributed by atoms with Gasteiger partial charge in [-0.15, -0.1) is 0 Å². The van der Waals surface area contributed by atoms with Crippen LogP contribution in [0.15, 0.2) is 4.79 Å². The molecule has 0 unspecified atom stereocenters. The highest BCUT2D eigenvalue weighted by Crippen LogP contribution is 2.10. The van der Waals surface area contributed by atoms with E-state index >= 15 is 0 Å². The van der Waals surface area contributed by atoms with E-state index in [1.54, 1.807) is 20.8 Å². The number of amides is 1. The summed E-state index contributed by atoms with van der Waals surface area (Å²) >= 11 is 1.09. The van der Waals surface area contributed by atoms with Crippen molar-refractivity contribution >= 4 is 23.2 Å². The van der Waals surface area contributed by atoms with Crippen LogP contribution in [0.5, 0.6) is 0 Å². The fraction of sp³-hybridized carbons (Fsp3) is 0.583. The van der Waals surface area contributed by atoms with Crippen molar-refractivity contribution in [3.63, 3.8) is 0 Å². The number of aryl methyl sites for hydroxylation is 1. The number of aromatic nitrogens is 1. The fourth-order valence-electron chi connectivity index (χ4n) is 1.70. The van der Waals surface area contributed by atoms with Crippen LogP contribution in [0.25, 0.3) is 0 Å². The summed E-state index contributed by atoms with van der Waals surface area (Å²) in [6.45, 7) is 6.62. The molecule has 19 heavy (non-hydrogen) atoms. The zero-order valence-corrected chi connectivity index (χ0v) is 12.3. The zero-order chi connectivity index (χ0) is 14.7. The van der Waals surface area contributed by atoms with Gasteiger partial charge in [0.25, 0.3) is 0 Å². The summed E-state index contributed by atoms with van der Waals surface area (Å²) in [5, 5.41) is 8.80. The SMILES string of the molecule is Cc1sc(=O)n(CC(=O)N(CC(=O)O)C(C)C)c1C. The lowest BCUT2D eigenvalue weighted by molar-refractivity contribution is -0.146. The van der Waals surface area contributed by atoms with Crippen LogP contribution in [0.2, 0.25) is 0 Å². The maximum atomic E-state index is 12.1. The Labute approximate surface area is 115 Å². The molecule has 1 rings (SSSR count). The summed E-state index contributed by atoms with van der Waals surface area (Å²) in [6.07, 6.45) is 0. The number of aliphatic carboxylic acids is 1. The molecule has 0 radical (unpaired) electrons. The zero-order valence-electron chi connectivity index (χ0n) is 11.5. The van der Waals surface area contributed by atoms with Gasteiger partial charge in [-0.05, 0) is 27.7 Å². The van der Waals surface area contributed by atoms with Crippen LogP contribution in [-0.2, 0) is 16.1 Å². The third-order valence-corrected chi connectivity index (χ3v) is 3.91. The highest BCUT2D eigenvalue weighted by Gasteiger charge is 2.21. The van der Waals surface area contributed by atoms with Crippen molar-refractivity contribution in [3.8, 4) is 0 Å². The molecule has 0 aliphatic carbocycles. The second kappa shape index (κ2) is 6.01. The van der Waals surface area contributed by atoms with Crippen molar-refractivity contribution in [2.45, 2.75) is 40.3 Å². The molecule has 0 fully saturated rings. The smallest absolute Gasteiger partial charge is 0.323 e. The first-order valence-electron chi connectivity index (χ1n) is 5.92. The van der Waals surface area contributed by atoms with E-state index in [4.69, 9.17) is 5.11 Å². The minimum absolute atomic E-state index is 0.111. The van der Waals surface area contributed by atoms with Crippen molar-refractivity contribution in [2.75, 3.05) is 6.54 Å². The topological polar surface area (TPSA) is 79.6 Å². The van der Waals surface area contributed by atoms with Crippen molar-refractivity contribution in [1.29, 1.82) is 0 Å². The summed E-state index contributed by atoms with van der Waals surface area (Å²) in [5.74, 6) is -1.42. The Morgan fingerprint density at radius 3 is 2.32 bits per heavy atom. The van der Waals surface area contributed by atoms with Crippen LogP contribution in [0.4, 0.5) is 0 Å². The van der Waals surface area contributed by atoms with Crippen LogP contribution in [0.1, 0.15) is 24.4 Å². The lowest BCUT2D eigenvalue weighted by Gasteiger charge is -2.25. The second-order valence-corrected chi connectivity index (χ2v) is 5.77. The van der Waals surface area contributed by atoms with Gasteiger partial charge in [0.2, 0.25) is 5.91 Å². The molecular formula is C12H18N2O4S. The first-order valence-corrected chi connectivity index (χ1v) is 6.73. The molecule has 1 amide bonds. The molecule has 0 saturated heterocycles. The molecule has 1 aromatic rings. The van der Waals surface area contributed by atoms with Crippen molar-refractivity contribution in [2.24, 2.45) is 0 Å². The predicted molar refractivity (Wildman–Crippen MR) is 72.5 cm³/mol. The Morgan fingerprint density at radius 1 is 1.37 bits per heavy atom. The largest absolute Gasteiger partial charge is 0.480 e. The average molecular weight is 286 g/mol. The van der Waals surface area contributed by atoms with Gasteiger partial charge in [0.15, 0.2) is 0 Å². The highest BCUT2D eigenvalue weighted by molar-refractivity contribution is 7.09. The summed E-state index contributed by atoms with van der Waals surface area (Å²) in [7, 11) is 0. The molecule has 0 aliphatic rings. The molecule has 0 aromatic carbocycles. The maximum absolute atomic E-state index is 12.1. The molecule has 106 valence electrons. The summed E-state index contributed by atoms with van der Waals surface area (Å²) < 4.78 is 1.39. The van der Waals surface area contributed by atoms with Crippen molar-refractivity contribution in [1.82, 2.24) is 9.47 Å². The van der Waals surface area contributed by atoms with Gasteiger partial charge in [0, 0.05) is 16.6 Å². The summed E-state index contributed by atoms with van der Waals surface area (Å²) in [4.78, 5) is 36.5. The number of rotatable bonds is 5. The lowest BCUT2D eigenvalue weighted by Crippen LogP contribution is -2.43. The number of thiazole rings is 1. The highest BCUT2D eigenvalue weighted by atomic mass is 32.1. The number of carbonyl (C=O) groups excluding carboxylic acids is 1. The monoisotopic (exact) mass is 286 g/mol. The fourth-order valence-corrected chi connectivity index (χ4v) is 2.53.